The third-order valence-corrected chi connectivity index (χ3v) is 6.00. The van der Waals surface area contributed by atoms with Crippen LogP contribution in [0, 0.1) is 11.7 Å². The Morgan fingerprint density at radius 1 is 1.09 bits per heavy atom. The lowest BCUT2D eigenvalue weighted by molar-refractivity contribution is 0.0679. The number of hydrogen-bond donors (Lipinski definition) is 1. The lowest BCUT2D eigenvalue weighted by atomic mass is 9.93. The fourth-order valence-corrected chi connectivity index (χ4v) is 4.22. The number of benzene rings is 2. The second kappa shape index (κ2) is 8.85. The second-order valence-electron chi connectivity index (χ2n) is 8.11. The number of amides is 1. The Kier molecular flexibility index (Phi) is 5.60. The number of H-pyrrole nitrogens is 1. The predicted octanol–water partition coefficient (Wildman–Crippen LogP) is 3.45. The van der Waals surface area contributed by atoms with Crippen LogP contribution in [0.3, 0.4) is 0 Å². The standard InChI is InChI=1S/C24H22FN5O3/c25-18-8-4-5-9-20(18)30-22(26-27-24(30)32)14-16-10-12-29(13-11-16)23(31)19-15-21(33-28-19)17-6-2-1-3-7-17/h1-9,15-16H,10-14H2,(H,27,32). The van der Waals surface area contributed by atoms with Crippen LogP contribution in [-0.4, -0.2) is 43.8 Å². The molecule has 0 bridgehead atoms. The molecule has 0 spiro atoms. The van der Waals surface area contributed by atoms with Crippen molar-refractivity contribution in [3.05, 3.63) is 88.5 Å². The highest BCUT2D eigenvalue weighted by molar-refractivity contribution is 5.93. The van der Waals surface area contributed by atoms with Gasteiger partial charge in [-0.3, -0.25) is 4.79 Å². The molecule has 168 valence electrons. The van der Waals surface area contributed by atoms with E-state index in [1.807, 2.05) is 30.3 Å². The van der Waals surface area contributed by atoms with Crippen LogP contribution in [0.5, 0.6) is 0 Å². The zero-order valence-electron chi connectivity index (χ0n) is 17.8. The molecule has 2 aromatic heterocycles. The summed E-state index contributed by atoms with van der Waals surface area (Å²) in [6.45, 7) is 1.12. The molecular formula is C24H22FN5O3. The van der Waals surface area contributed by atoms with Crippen molar-refractivity contribution in [1.82, 2.24) is 24.8 Å². The first kappa shape index (κ1) is 20.9. The second-order valence-corrected chi connectivity index (χ2v) is 8.11. The molecule has 0 atom stereocenters. The normalized spacial score (nSPS) is 14.5. The molecule has 1 aliphatic rings. The topological polar surface area (TPSA) is 97.0 Å². The lowest BCUT2D eigenvalue weighted by Crippen LogP contribution is -2.39. The molecule has 9 heteroatoms. The van der Waals surface area contributed by atoms with Gasteiger partial charge in [-0.15, -0.1) is 0 Å². The molecule has 4 aromatic rings. The zero-order chi connectivity index (χ0) is 22.8. The first-order valence-corrected chi connectivity index (χ1v) is 10.8. The molecule has 0 saturated carbocycles. The maximum atomic E-state index is 14.2. The van der Waals surface area contributed by atoms with Crippen molar-refractivity contribution in [1.29, 1.82) is 0 Å². The number of para-hydroxylation sites is 1. The van der Waals surface area contributed by atoms with E-state index in [0.717, 1.165) is 18.4 Å². The first-order valence-electron chi connectivity index (χ1n) is 10.8. The van der Waals surface area contributed by atoms with Crippen molar-refractivity contribution in [2.24, 2.45) is 5.92 Å². The Morgan fingerprint density at radius 2 is 1.82 bits per heavy atom. The van der Waals surface area contributed by atoms with Crippen LogP contribution < -0.4 is 5.69 Å². The Morgan fingerprint density at radius 3 is 2.58 bits per heavy atom. The van der Waals surface area contributed by atoms with Gasteiger partial charge in [-0.05, 0) is 30.9 Å². The molecule has 1 aliphatic heterocycles. The number of aromatic amines is 1. The predicted molar refractivity (Wildman–Crippen MR) is 118 cm³/mol. The molecule has 1 N–H and O–H groups in total. The minimum absolute atomic E-state index is 0.164. The number of carbonyl (C=O) groups is 1. The summed E-state index contributed by atoms with van der Waals surface area (Å²) in [7, 11) is 0. The summed E-state index contributed by atoms with van der Waals surface area (Å²) in [6.07, 6.45) is 2.00. The smallest absolute Gasteiger partial charge is 0.348 e. The van der Waals surface area contributed by atoms with Gasteiger partial charge in [0, 0.05) is 31.1 Å². The summed E-state index contributed by atoms with van der Waals surface area (Å²) in [5.74, 6) is 0.608. The summed E-state index contributed by atoms with van der Waals surface area (Å²) >= 11 is 0. The highest BCUT2D eigenvalue weighted by atomic mass is 19.1. The summed E-state index contributed by atoms with van der Waals surface area (Å²) in [4.78, 5) is 26.9. The van der Waals surface area contributed by atoms with E-state index in [0.29, 0.717) is 31.1 Å². The summed E-state index contributed by atoms with van der Waals surface area (Å²) < 4.78 is 20.9. The van der Waals surface area contributed by atoms with E-state index in [4.69, 9.17) is 4.52 Å². The molecule has 1 fully saturated rings. The quantitative estimate of drug-likeness (QED) is 0.505. The molecule has 8 nitrogen and oxygen atoms in total. The van der Waals surface area contributed by atoms with Gasteiger partial charge in [-0.2, -0.15) is 5.10 Å². The number of carbonyl (C=O) groups excluding carboxylic acids is 1. The van der Waals surface area contributed by atoms with Gasteiger partial charge in [0.15, 0.2) is 11.5 Å². The van der Waals surface area contributed by atoms with Crippen LogP contribution in [0.4, 0.5) is 4.39 Å². The molecule has 5 rings (SSSR count). The number of nitrogens with one attached hydrogen (secondary N) is 1. The van der Waals surface area contributed by atoms with Crippen LogP contribution in [-0.2, 0) is 6.42 Å². The SMILES string of the molecule is O=C(c1cc(-c2ccccc2)on1)N1CCC(Cc2n[nH]c(=O)n2-c2ccccc2F)CC1. The highest BCUT2D eigenvalue weighted by Crippen LogP contribution is 2.25. The molecule has 0 radical (unpaired) electrons. The molecule has 1 saturated heterocycles. The van der Waals surface area contributed by atoms with Crippen LogP contribution in [0.1, 0.15) is 29.2 Å². The van der Waals surface area contributed by atoms with Crippen molar-refractivity contribution < 1.29 is 13.7 Å². The summed E-state index contributed by atoms with van der Waals surface area (Å²) in [5.41, 5.74) is 0.859. The minimum atomic E-state index is -0.481. The van der Waals surface area contributed by atoms with E-state index in [9.17, 15) is 14.0 Å². The molecule has 1 amide bonds. The Hall–Kier alpha value is -4.01. The number of halogens is 1. The lowest BCUT2D eigenvalue weighted by Gasteiger charge is -2.31. The van der Waals surface area contributed by atoms with E-state index in [-0.39, 0.29) is 23.2 Å². The molecule has 0 aliphatic carbocycles. The average molecular weight is 447 g/mol. The van der Waals surface area contributed by atoms with Gasteiger partial charge in [-0.25, -0.2) is 18.9 Å². The Balaban J connectivity index is 1.24. The van der Waals surface area contributed by atoms with Gasteiger partial charge in [0.05, 0.1) is 5.69 Å². The number of likely N-dealkylation sites (tertiary alicyclic amines) is 1. The number of aromatic nitrogens is 4. The fourth-order valence-electron chi connectivity index (χ4n) is 4.22. The van der Waals surface area contributed by atoms with E-state index in [2.05, 4.69) is 15.4 Å². The van der Waals surface area contributed by atoms with Crippen LogP contribution in [0.25, 0.3) is 17.0 Å². The zero-order valence-corrected chi connectivity index (χ0v) is 17.8. The van der Waals surface area contributed by atoms with Crippen molar-refractivity contribution in [3.63, 3.8) is 0 Å². The fraction of sp³-hybridized carbons (Fsp3) is 0.250. The maximum absolute atomic E-state index is 14.2. The Labute approximate surface area is 188 Å². The van der Waals surface area contributed by atoms with Crippen LogP contribution >= 0.6 is 0 Å². The van der Waals surface area contributed by atoms with Gasteiger partial charge in [0.1, 0.15) is 11.6 Å². The van der Waals surface area contributed by atoms with E-state index in [1.54, 1.807) is 29.2 Å². The van der Waals surface area contributed by atoms with E-state index < -0.39 is 11.5 Å². The van der Waals surface area contributed by atoms with Gasteiger partial charge in [0.25, 0.3) is 5.91 Å². The summed E-state index contributed by atoms with van der Waals surface area (Å²) in [6, 6.07) is 17.3. The van der Waals surface area contributed by atoms with Crippen molar-refractivity contribution >= 4 is 5.91 Å². The number of piperidine rings is 1. The number of rotatable bonds is 5. The maximum Gasteiger partial charge on any atom is 0.348 e. The average Bonchev–Trinajstić information content (AvgIpc) is 3.48. The first-order chi connectivity index (χ1) is 16.1. The largest absolute Gasteiger partial charge is 0.355 e. The number of hydrogen-bond acceptors (Lipinski definition) is 5. The van der Waals surface area contributed by atoms with Crippen LogP contribution in [0.2, 0.25) is 0 Å². The molecular weight excluding hydrogens is 425 g/mol. The Bertz CT molecular complexity index is 1320. The molecule has 33 heavy (non-hydrogen) atoms. The third-order valence-electron chi connectivity index (χ3n) is 6.00. The van der Waals surface area contributed by atoms with Gasteiger partial charge < -0.3 is 9.42 Å². The van der Waals surface area contributed by atoms with E-state index in [1.165, 1.54) is 10.6 Å². The van der Waals surface area contributed by atoms with Crippen molar-refractivity contribution in [2.45, 2.75) is 19.3 Å². The third kappa shape index (κ3) is 4.21. The monoisotopic (exact) mass is 447 g/mol. The molecule has 0 unspecified atom stereocenters. The highest BCUT2D eigenvalue weighted by Gasteiger charge is 2.27. The van der Waals surface area contributed by atoms with Crippen molar-refractivity contribution in [3.8, 4) is 17.0 Å². The van der Waals surface area contributed by atoms with Gasteiger partial charge in [-0.1, -0.05) is 47.6 Å². The van der Waals surface area contributed by atoms with Gasteiger partial charge in [0.2, 0.25) is 0 Å². The molecule has 2 aromatic carbocycles. The molecule has 3 heterocycles. The van der Waals surface area contributed by atoms with E-state index >= 15 is 0 Å². The number of nitrogens with zero attached hydrogens (tertiary/aromatic N) is 4. The van der Waals surface area contributed by atoms with Crippen molar-refractivity contribution in [2.75, 3.05) is 13.1 Å². The van der Waals surface area contributed by atoms with Gasteiger partial charge >= 0.3 is 5.69 Å². The minimum Gasteiger partial charge on any atom is -0.355 e. The van der Waals surface area contributed by atoms with Crippen LogP contribution in [0.15, 0.2) is 70.0 Å². The summed E-state index contributed by atoms with van der Waals surface area (Å²) in [5, 5.41) is 10.5.